The van der Waals surface area contributed by atoms with Gasteiger partial charge in [-0.1, -0.05) is 11.8 Å². The van der Waals surface area contributed by atoms with Crippen LogP contribution in [0.4, 0.5) is 5.95 Å². The molecule has 4 N–H and O–H groups in total. The van der Waals surface area contributed by atoms with Crippen LogP contribution in [-0.2, 0) is 23.1 Å². The Morgan fingerprint density at radius 1 is 1.42 bits per heavy atom. The molecule has 1 fully saturated rings. The third kappa shape index (κ3) is 6.25. The number of nitrogens with zero attached hydrogens (tertiary/aromatic N) is 4. The number of aromatic nitrogens is 4. The molecule has 2 aromatic rings. The zero-order valence-corrected chi connectivity index (χ0v) is 22.8. The van der Waals surface area contributed by atoms with E-state index in [1.54, 1.807) is 27.7 Å². The molecule has 16 heteroatoms. The lowest BCUT2D eigenvalue weighted by Gasteiger charge is -2.26. The van der Waals surface area contributed by atoms with Crippen molar-refractivity contribution in [1.29, 1.82) is 0 Å². The van der Waals surface area contributed by atoms with E-state index < -0.39 is 37.0 Å². The molecule has 0 bridgehead atoms. The standard InChI is InChI=1S/C20H30ClN5O8PS/c1-5-31-15-12-14(24-18(22)25-15)26(10-23-12)16-20(4,21)13(28)11(34-16)8-33-35(30)32-6-7-36-17(29)19(2,3)9-27/h10-11,13,16,27-28H,5-9H2,1-4H3,(H2,22,24,25)/q+1. The van der Waals surface area contributed by atoms with Crippen LogP contribution in [0.25, 0.3) is 11.2 Å². The molecule has 0 spiro atoms. The van der Waals surface area contributed by atoms with Crippen LogP contribution in [-0.4, -0.2) is 84.1 Å². The number of aliphatic hydroxyl groups is 2. The van der Waals surface area contributed by atoms with Crippen molar-refractivity contribution in [2.45, 2.75) is 51.0 Å². The van der Waals surface area contributed by atoms with Crippen LogP contribution in [0.15, 0.2) is 6.33 Å². The lowest BCUT2D eigenvalue weighted by Crippen LogP contribution is -2.39. The van der Waals surface area contributed by atoms with Gasteiger partial charge in [-0.25, -0.2) is 4.98 Å². The third-order valence-corrected chi connectivity index (χ3v) is 7.81. The van der Waals surface area contributed by atoms with E-state index in [1.807, 2.05) is 0 Å². The van der Waals surface area contributed by atoms with Gasteiger partial charge < -0.3 is 25.4 Å². The zero-order valence-electron chi connectivity index (χ0n) is 20.3. The Bertz CT molecular complexity index is 1100. The highest BCUT2D eigenvalue weighted by Crippen LogP contribution is 2.45. The number of imidazole rings is 1. The van der Waals surface area contributed by atoms with Crippen LogP contribution in [0.2, 0.25) is 0 Å². The summed E-state index contributed by atoms with van der Waals surface area (Å²) in [4.78, 5) is 23.2. The fraction of sp³-hybridized carbons (Fsp3) is 0.700. The maximum atomic E-state index is 12.1. The number of carbonyl (C=O) groups is 1. The quantitative estimate of drug-likeness (QED) is 0.193. The molecule has 13 nitrogen and oxygen atoms in total. The van der Waals surface area contributed by atoms with Gasteiger partial charge in [0, 0.05) is 10.3 Å². The van der Waals surface area contributed by atoms with Crippen LogP contribution in [0.1, 0.15) is 33.9 Å². The van der Waals surface area contributed by atoms with Crippen molar-refractivity contribution in [2.75, 3.05) is 37.9 Å². The molecule has 1 aliphatic rings. The highest BCUT2D eigenvalue weighted by atomic mass is 35.5. The van der Waals surface area contributed by atoms with Crippen molar-refractivity contribution >= 4 is 53.8 Å². The molecule has 5 unspecified atom stereocenters. The first-order valence-corrected chi connectivity index (χ1v) is 13.5. The largest absolute Gasteiger partial charge is 0.697 e. The zero-order chi connectivity index (χ0) is 26.7. The second kappa shape index (κ2) is 11.8. The molecule has 0 aliphatic carbocycles. The maximum absolute atomic E-state index is 12.1. The molecule has 0 saturated carbocycles. The minimum absolute atomic E-state index is 0.0125. The number of nitrogen functional groups attached to an aromatic ring is 1. The van der Waals surface area contributed by atoms with Gasteiger partial charge in [0.15, 0.2) is 22.5 Å². The van der Waals surface area contributed by atoms with Crippen molar-refractivity contribution < 1.29 is 38.1 Å². The van der Waals surface area contributed by atoms with E-state index in [-0.39, 0.29) is 42.5 Å². The number of ether oxygens (including phenoxy) is 2. The fourth-order valence-corrected chi connectivity index (χ4v) is 5.16. The number of anilines is 1. The summed E-state index contributed by atoms with van der Waals surface area (Å²) >= 11 is 7.64. The van der Waals surface area contributed by atoms with E-state index in [4.69, 9.17) is 35.9 Å². The van der Waals surface area contributed by atoms with Crippen molar-refractivity contribution in [3.8, 4) is 5.88 Å². The molecule has 3 rings (SSSR count). The third-order valence-electron chi connectivity index (χ3n) is 5.46. The van der Waals surface area contributed by atoms with Gasteiger partial charge in [-0.3, -0.25) is 9.36 Å². The van der Waals surface area contributed by atoms with Crippen molar-refractivity contribution in [1.82, 2.24) is 19.5 Å². The lowest BCUT2D eigenvalue weighted by molar-refractivity contribution is -0.119. The lowest BCUT2D eigenvalue weighted by atomic mass is 9.97. The normalized spacial score (nSPS) is 24.9. The Labute approximate surface area is 218 Å². The number of fused-ring (bicyclic) bond motifs is 1. The average Bonchev–Trinajstić information content (AvgIpc) is 3.33. The Hall–Kier alpha value is -1.64. The molecule has 0 aromatic carbocycles. The number of hydrogen-bond acceptors (Lipinski definition) is 13. The Kier molecular flexibility index (Phi) is 9.50. The molecule has 0 radical (unpaired) electrons. The molecule has 1 aliphatic heterocycles. The number of aliphatic hydroxyl groups excluding tert-OH is 2. The molecule has 3 heterocycles. The molecule has 5 atom stereocenters. The van der Waals surface area contributed by atoms with Gasteiger partial charge in [0.25, 0.3) is 0 Å². The van der Waals surface area contributed by atoms with Gasteiger partial charge in [0.05, 0.1) is 25.0 Å². The minimum atomic E-state index is -2.54. The Morgan fingerprint density at radius 3 is 2.81 bits per heavy atom. The van der Waals surface area contributed by atoms with Crippen LogP contribution >= 0.6 is 31.6 Å². The van der Waals surface area contributed by atoms with Crippen LogP contribution in [0, 0.1) is 5.41 Å². The summed E-state index contributed by atoms with van der Waals surface area (Å²) in [6.07, 6.45) is -1.63. The molecule has 36 heavy (non-hydrogen) atoms. The number of nitrogens with two attached hydrogens (primary N) is 1. The number of hydrogen-bond donors (Lipinski definition) is 3. The average molecular weight is 567 g/mol. The van der Waals surface area contributed by atoms with E-state index in [0.717, 1.165) is 11.8 Å². The molecular weight excluding hydrogens is 537 g/mol. The highest BCUT2D eigenvalue weighted by Gasteiger charge is 2.54. The number of thioether (sulfide) groups is 1. The monoisotopic (exact) mass is 566 g/mol. The van der Waals surface area contributed by atoms with E-state index in [1.165, 1.54) is 10.9 Å². The van der Waals surface area contributed by atoms with Gasteiger partial charge in [-0.2, -0.15) is 9.97 Å². The highest BCUT2D eigenvalue weighted by molar-refractivity contribution is 8.13. The number of alkyl halides is 1. The van der Waals surface area contributed by atoms with Crippen molar-refractivity contribution in [2.24, 2.45) is 5.41 Å². The topological polar surface area (TPSA) is 181 Å². The molecule has 0 amide bonds. The predicted molar refractivity (Wildman–Crippen MR) is 133 cm³/mol. The first-order chi connectivity index (χ1) is 16.9. The molecule has 1 saturated heterocycles. The summed E-state index contributed by atoms with van der Waals surface area (Å²) in [5.41, 5.74) is 5.61. The Balaban J connectivity index is 1.60. The summed E-state index contributed by atoms with van der Waals surface area (Å²) in [7, 11) is -2.54. The summed E-state index contributed by atoms with van der Waals surface area (Å²) in [6, 6.07) is 0. The van der Waals surface area contributed by atoms with Crippen LogP contribution in [0.3, 0.4) is 0 Å². The summed E-state index contributed by atoms with van der Waals surface area (Å²) in [5.74, 6) is 0.415. The molecule has 200 valence electrons. The van der Waals surface area contributed by atoms with Gasteiger partial charge in [-0.15, -0.1) is 20.6 Å². The van der Waals surface area contributed by atoms with Crippen molar-refractivity contribution in [3.05, 3.63) is 6.33 Å². The summed E-state index contributed by atoms with van der Waals surface area (Å²) in [5, 5.41) is 19.8. The first kappa shape index (κ1) is 28.9. The first-order valence-electron chi connectivity index (χ1n) is 11.1. The smallest absolute Gasteiger partial charge is 0.476 e. The number of halogens is 1. The van der Waals surface area contributed by atoms with Crippen LogP contribution in [0.5, 0.6) is 5.88 Å². The summed E-state index contributed by atoms with van der Waals surface area (Å²) < 4.78 is 35.4. The molecule has 2 aromatic heterocycles. The van der Waals surface area contributed by atoms with Gasteiger partial charge in [-0.05, 0) is 27.7 Å². The van der Waals surface area contributed by atoms with E-state index >= 15 is 0 Å². The second-order valence-corrected chi connectivity index (χ2v) is 11.6. The van der Waals surface area contributed by atoms with E-state index in [2.05, 4.69) is 15.0 Å². The Morgan fingerprint density at radius 2 is 2.14 bits per heavy atom. The van der Waals surface area contributed by atoms with Crippen molar-refractivity contribution in [3.63, 3.8) is 0 Å². The number of rotatable bonds is 12. The summed E-state index contributed by atoms with van der Waals surface area (Å²) in [6.45, 7) is 6.43. The van der Waals surface area contributed by atoms with Gasteiger partial charge in [0.1, 0.15) is 30.3 Å². The fourth-order valence-electron chi connectivity index (χ4n) is 3.34. The second-order valence-electron chi connectivity index (χ2n) is 8.80. The van der Waals surface area contributed by atoms with Gasteiger partial charge >= 0.3 is 8.25 Å². The van der Waals surface area contributed by atoms with Gasteiger partial charge in [0.2, 0.25) is 11.8 Å². The predicted octanol–water partition coefficient (Wildman–Crippen LogP) is 2.03. The van der Waals surface area contributed by atoms with E-state index in [9.17, 15) is 19.6 Å². The maximum Gasteiger partial charge on any atom is 0.697 e. The SMILES string of the molecule is CCOc1nc(N)nc2c1ncn2C1OC(CO[P+](=O)OCCSC(=O)C(C)(C)CO)C(O)C1(C)Cl. The minimum Gasteiger partial charge on any atom is -0.476 e. The van der Waals surface area contributed by atoms with E-state index in [0.29, 0.717) is 17.8 Å². The van der Waals surface area contributed by atoms with Crippen LogP contribution < -0.4 is 10.5 Å². The number of carbonyl (C=O) groups excluding carboxylic acids is 1. The molecular formula is C20H30ClN5O8PS+.